The van der Waals surface area contributed by atoms with Gasteiger partial charge in [-0.15, -0.1) is 0 Å². The number of carbonyl (C=O) groups is 1. The summed E-state index contributed by atoms with van der Waals surface area (Å²) in [5.41, 5.74) is 0.700. The lowest BCUT2D eigenvalue weighted by Crippen LogP contribution is -2.33. The Hall–Kier alpha value is -3.30. The van der Waals surface area contributed by atoms with Crippen LogP contribution in [0.3, 0.4) is 0 Å². The molecule has 3 aromatic rings. The van der Waals surface area contributed by atoms with Gasteiger partial charge in [-0.25, -0.2) is 17.2 Å². The molecule has 0 aliphatic heterocycles. The molecule has 0 aliphatic carbocycles. The van der Waals surface area contributed by atoms with Gasteiger partial charge in [0.1, 0.15) is 11.6 Å². The number of nitrogens with zero attached hydrogens (tertiary/aromatic N) is 2. The molecular weight excluding hydrogens is 448 g/mol. The molecule has 0 spiro atoms. The van der Waals surface area contributed by atoms with Crippen molar-refractivity contribution in [2.24, 2.45) is 0 Å². The first-order valence-corrected chi connectivity index (χ1v) is 11.8. The van der Waals surface area contributed by atoms with Crippen molar-refractivity contribution in [3.8, 4) is 0 Å². The van der Waals surface area contributed by atoms with E-state index in [0.29, 0.717) is 17.9 Å². The van der Waals surface area contributed by atoms with Crippen LogP contribution in [0.1, 0.15) is 12.5 Å². The van der Waals surface area contributed by atoms with E-state index in [2.05, 4.69) is 5.32 Å². The largest absolute Gasteiger partial charge is 0.325 e. The lowest BCUT2D eigenvalue weighted by Gasteiger charge is -2.21. The number of carbonyl (C=O) groups excluding carboxylic acids is 1. The second-order valence-electron chi connectivity index (χ2n) is 7.39. The van der Waals surface area contributed by atoms with E-state index in [4.69, 9.17) is 0 Å². The molecule has 0 fully saturated rings. The number of anilines is 2. The summed E-state index contributed by atoms with van der Waals surface area (Å²) in [5.74, 6) is -1.77. The van der Waals surface area contributed by atoms with Crippen molar-refractivity contribution in [3.05, 3.63) is 90.0 Å². The Labute approximate surface area is 192 Å². The van der Waals surface area contributed by atoms with Crippen molar-refractivity contribution in [1.29, 1.82) is 0 Å². The number of para-hydroxylation sites is 1. The van der Waals surface area contributed by atoms with Crippen LogP contribution >= 0.6 is 0 Å². The fourth-order valence-corrected chi connectivity index (χ4v) is 4.50. The fourth-order valence-electron chi connectivity index (χ4n) is 3.26. The van der Waals surface area contributed by atoms with Crippen molar-refractivity contribution in [2.45, 2.75) is 18.4 Å². The fraction of sp³-hybridized carbons (Fsp3) is 0.208. The summed E-state index contributed by atoms with van der Waals surface area (Å²) < 4.78 is 55.0. The van der Waals surface area contributed by atoms with Crippen LogP contribution in [0.5, 0.6) is 0 Å². The SMILES string of the molecule is CCN(CC(=O)Nc1cccc(S(=O)(=O)N(C)c2ccccc2)c1)Cc1c(F)cccc1F. The van der Waals surface area contributed by atoms with Crippen molar-refractivity contribution >= 4 is 27.3 Å². The third-order valence-electron chi connectivity index (χ3n) is 5.15. The number of hydrogen-bond acceptors (Lipinski definition) is 4. The predicted octanol–water partition coefficient (Wildman–Crippen LogP) is 4.25. The lowest BCUT2D eigenvalue weighted by molar-refractivity contribution is -0.117. The Kier molecular flexibility index (Phi) is 7.78. The monoisotopic (exact) mass is 473 g/mol. The van der Waals surface area contributed by atoms with E-state index in [1.807, 2.05) is 0 Å². The first kappa shape index (κ1) is 24.3. The average molecular weight is 474 g/mol. The Morgan fingerprint density at radius 1 is 0.939 bits per heavy atom. The normalized spacial score (nSPS) is 11.4. The Balaban J connectivity index is 1.71. The summed E-state index contributed by atoms with van der Waals surface area (Å²) >= 11 is 0. The van der Waals surface area contributed by atoms with E-state index < -0.39 is 27.6 Å². The summed E-state index contributed by atoms with van der Waals surface area (Å²) in [6.07, 6.45) is 0. The third kappa shape index (κ3) is 5.94. The minimum Gasteiger partial charge on any atom is -0.325 e. The number of halogens is 2. The number of amides is 1. The van der Waals surface area contributed by atoms with Gasteiger partial charge >= 0.3 is 0 Å². The molecule has 1 N–H and O–H groups in total. The molecule has 9 heteroatoms. The first-order valence-electron chi connectivity index (χ1n) is 10.3. The van der Waals surface area contributed by atoms with Gasteiger partial charge in [-0.2, -0.15) is 0 Å². The summed E-state index contributed by atoms with van der Waals surface area (Å²) in [6, 6.07) is 18.2. The average Bonchev–Trinajstić information content (AvgIpc) is 2.81. The number of hydrogen-bond donors (Lipinski definition) is 1. The third-order valence-corrected chi connectivity index (χ3v) is 6.94. The molecule has 0 atom stereocenters. The van der Waals surface area contributed by atoms with E-state index in [1.54, 1.807) is 48.2 Å². The Morgan fingerprint density at radius 3 is 2.21 bits per heavy atom. The topological polar surface area (TPSA) is 69.7 Å². The molecule has 0 unspecified atom stereocenters. The van der Waals surface area contributed by atoms with E-state index in [9.17, 15) is 22.0 Å². The molecule has 0 aromatic heterocycles. The number of rotatable bonds is 9. The molecule has 6 nitrogen and oxygen atoms in total. The number of nitrogens with one attached hydrogen (secondary N) is 1. The van der Waals surface area contributed by atoms with Gasteiger partial charge in [-0.1, -0.05) is 37.3 Å². The molecular formula is C24H25F2N3O3S. The van der Waals surface area contributed by atoms with E-state index in [1.165, 1.54) is 43.4 Å². The second kappa shape index (κ2) is 10.5. The van der Waals surface area contributed by atoms with Crippen molar-refractivity contribution in [2.75, 3.05) is 29.8 Å². The van der Waals surface area contributed by atoms with Gasteiger partial charge in [0, 0.05) is 24.8 Å². The van der Waals surface area contributed by atoms with Crippen molar-refractivity contribution in [3.63, 3.8) is 0 Å². The van der Waals surface area contributed by atoms with Crippen LogP contribution in [0, 0.1) is 11.6 Å². The highest BCUT2D eigenvalue weighted by molar-refractivity contribution is 7.92. The maximum absolute atomic E-state index is 13.9. The molecule has 0 saturated heterocycles. The predicted molar refractivity (Wildman–Crippen MR) is 124 cm³/mol. The highest BCUT2D eigenvalue weighted by Gasteiger charge is 2.22. The highest BCUT2D eigenvalue weighted by atomic mass is 32.2. The van der Waals surface area contributed by atoms with Gasteiger partial charge < -0.3 is 5.32 Å². The Morgan fingerprint density at radius 2 is 1.58 bits per heavy atom. The molecule has 0 saturated carbocycles. The van der Waals surface area contributed by atoms with Crippen LogP contribution in [0.2, 0.25) is 0 Å². The van der Waals surface area contributed by atoms with Crippen molar-refractivity contribution < 1.29 is 22.0 Å². The van der Waals surface area contributed by atoms with Crippen LogP contribution in [-0.4, -0.2) is 39.4 Å². The summed E-state index contributed by atoms with van der Waals surface area (Å²) in [4.78, 5) is 14.2. The maximum Gasteiger partial charge on any atom is 0.264 e. The first-order chi connectivity index (χ1) is 15.7. The van der Waals surface area contributed by atoms with E-state index >= 15 is 0 Å². The van der Waals surface area contributed by atoms with Gasteiger partial charge in [-0.3, -0.25) is 14.0 Å². The molecule has 33 heavy (non-hydrogen) atoms. The number of sulfonamides is 1. The smallest absolute Gasteiger partial charge is 0.264 e. The molecule has 3 aromatic carbocycles. The molecule has 0 bridgehead atoms. The maximum atomic E-state index is 13.9. The van der Waals surface area contributed by atoms with Gasteiger partial charge in [0.05, 0.1) is 17.1 Å². The molecule has 3 rings (SSSR count). The zero-order valence-electron chi connectivity index (χ0n) is 18.3. The summed E-state index contributed by atoms with van der Waals surface area (Å²) in [6.45, 7) is 1.97. The molecule has 1 amide bonds. The highest BCUT2D eigenvalue weighted by Crippen LogP contribution is 2.23. The number of likely N-dealkylation sites (N-methyl/N-ethyl adjacent to an activating group) is 1. The lowest BCUT2D eigenvalue weighted by atomic mass is 10.2. The van der Waals surface area contributed by atoms with Crippen LogP contribution in [0.4, 0.5) is 20.2 Å². The quantitative estimate of drug-likeness (QED) is 0.505. The van der Waals surface area contributed by atoms with E-state index in [0.717, 1.165) is 4.31 Å². The zero-order valence-corrected chi connectivity index (χ0v) is 19.1. The summed E-state index contributed by atoms with van der Waals surface area (Å²) in [7, 11) is -2.38. The minimum atomic E-state index is -3.84. The Bertz CT molecular complexity index is 1200. The number of benzene rings is 3. The molecule has 0 radical (unpaired) electrons. The van der Waals surface area contributed by atoms with Crippen molar-refractivity contribution in [1.82, 2.24) is 4.90 Å². The molecule has 0 aliphatic rings. The second-order valence-corrected chi connectivity index (χ2v) is 9.36. The van der Waals surface area contributed by atoms with E-state index in [-0.39, 0.29) is 23.5 Å². The molecule has 0 heterocycles. The summed E-state index contributed by atoms with van der Waals surface area (Å²) in [5, 5.41) is 2.66. The van der Waals surface area contributed by atoms with Crippen LogP contribution < -0.4 is 9.62 Å². The minimum absolute atomic E-state index is 0.0208. The molecule has 174 valence electrons. The van der Waals surface area contributed by atoms with Crippen LogP contribution in [0.15, 0.2) is 77.7 Å². The van der Waals surface area contributed by atoms with Crippen LogP contribution in [-0.2, 0) is 21.4 Å². The van der Waals surface area contributed by atoms with Gasteiger partial charge in [0.25, 0.3) is 10.0 Å². The van der Waals surface area contributed by atoms with Crippen LogP contribution in [0.25, 0.3) is 0 Å². The van der Waals surface area contributed by atoms with Gasteiger partial charge in [-0.05, 0) is 49.0 Å². The van der Waals surface area contributed by atoms with Gasteiger partial charge in [0.15, 0.2) is 0 Å². The standard InChI is InChI=1S/C24H25F2N3O3S/c1-3-29(16-21-22(25)13-8-14-23(21)26)17-24(30)27-18-9-7-12-20(15-18)33(31,32)28(2)19-10-5-4-6-11-19/h4-15H,3,16-17H2,1-2H3,(H,27,30). The van der Waals surface area contributed by atoms with Gasteiger partial charge in [0.2, 0.25) is 5.91 Å². The zero-order chi connectivity index (χ0) is 24.0.